The van der Waals surface area contributed by atoms with Crippen LogP contribution in [0.4, 0.5) is 10.2 Å². The van der Waals surface area contributed by atoms with Gasteiger partial charge in [0.05, 0.1) is 12.1 Å². The Morgan fingerprint density at radius 1 is 1.38 bits per heavy atom. The van der Waals surface area contributed by atoms with E-state index in [1.165, 1.54) is 0 Å². The second-order valence-corrected chi connectivity index (χ2v) is 4.03. The predicted octanol–water partition coefficient (Wildman–Crippen LogP) is 1.49. The van der Waals surface area contributed by atoms with E-state index in [0.717, 1.165) is 18.2 Å². The molecular formula is C15H12FN3O2. The maximum Gasteiger partial charge on any atom is 0.260 e. The number of rotatable bonds is 2. The minimum absolute atomic E-state index is 0.171. The van der Waals surface area contributed by atoms with E-state index in [9.17, 15) is 14.3 Å². The van der Waals surface area contributed by atoms with Gasteiger partial charge in [0.15, 0.2) is 0 Å². The summed E-state index contributed by atoms with van der Waals surface area (Å²) in [4.78, 5) is 16.1. The van der Waals surface area contributed by atoms with Crippen molar-refractivity contribution in [2.75, 3.05) is 11.9 Å². The number of pyridine rings is 1. The third kappa shape index (κ3) is 3.78. The molecule has 106 valence electrons. The highest BCUT2D eigenvalue weighted by molar-refractivity contribution is 6.05. The molecule has 1 aromatic heterocycles. The summed E-state index contributed by atoms with van der Waals surface area (Å²) < 4.78 is 13.1. The van der Waals surface area contributed by atoms with Crippen LogP contribution in [0.1, 0.15) is 16.1 Å². The predicted molar refractivity (Wildman–Crippen MR) is 76.2 cm³/mol. The molecule has 6 heteroatoms. The summed E-state index contributed by atoms with van der Waals surface area (Å²) in [6.07, 6.45) is 0. The lowest BCUT2D eigenvalue weighted by Crippen LogP contribution is -2.13. The van der Waals surface area contributed by atoms with Gasteiger partial charge in [0.2, 0.25) is 0 Å². The topological polar surface area (TPSA) is 88.2 Å². The van der Waals surface area contributed by atoms with Gasteiger partial charge in [-0.2, -0.15) is 0 Å². The number of hydrogen-bond donors (Lipinski definition) is 3. The molecule has 1 aromatic carbocycles. The van der Waals surface area contributed by atoms with Gasteiger partial charge < -0.3 is 16.2 Å². The van der Waals surface area contributed by atoms with Crippen LogP contribution < -0.4 is 11.1 Å². The van der Waals surface area contributed by atoms with Crippen molar-refractivity contribution in [1.29, 1.82) is 0 Å². The molecule has 21 heavy (non-hydrogen) atoms. The maximum absolute atomic E-state index is 13.1. The van der Waals surface area contributed by atoms with Crippen molar-refractivity contribution in [1.82, 2.24) is 4.98 Å². The molecule has 1 heterocycles. The molecule has 0 radical (unpaired) electrons. The van der Waals surface area contributed by atoms with E-state index >= 15 is 0 Å². The van der Waals surface area contributed by atoms with Crippen molar-refractivity contribution >= 4 is 11.7 Å². The number of anilines is 1. The van der Waals surface area contributed by atoms with E-state index in [-0.39, 0.29) is 23.7 Å². The number of aromatic hydroxyl groups is 1. The van der Waals surface area contributed by atoms with Crippen molar-refractivity contribution in [3.63, 3.8) is 0 Å². The van der Waals surface area contributed by atoms with Gasteiger partial charge in [0.1, 0.15) is 23.1 Å². The molecule has 0 atom stereocenters. The highest BCUT2D eigenvalue weighted by Gasteiger charge is 2.13. The first kappa shape index (κ1) is 14.5. The van der Waals surface area contributed by atoms with E-state index in [0.29, 0.717) is 5.69 Å². The summed E-state index contributed by atoms with van der Waals surface area (Å²) in [6.45, 7) is 0.204. The molecule has 5 nitrogen and oxygen atoms in total. The van der Waals surface area contributed by atoms with Crippen LogP contribution >= 0.6 is 0 Å². The standard InChI is InChI=1S/C15H12FN3O2/c16-10-6-7-13(20)12(9-10)15(21)19-14-5-1-3-11(18-14)4-2-8-17/h1,3,5-7,9,20H,8,17H2,(H,18,19,21). The van der Waals surface area contributed by atoms with Gasteiger partial charge in [-0.1, -0.05) is 12.0 Å². The molecule has 0 spiro atoms. The number of carbonyl (C=O) groups is 1. The molecule has 0 saturated heterocycles. The van der Waals surface area contributed by atoms with E-state index in [1.807, 2.05) is 0 Å². The average Bonchev–Trinajstić information content (AvgIpc) is 2.48. The third-order valence-corrected chi connectivity index (χ3v) is 2.51. The van der Waals surface area contributed by atoms with Gasteiger partial charge in [-0.05, 0) is 36.3 Å². The minimum atomic E-state index is -0.663. The number of carbonyl (C=O) groups excluding carboxylic acids is 1. The Kier molecular flexibility index (Phi) is 4.49. The highest BCUT2D eigenvalue weighted by atomic mass is 19.1. The van der Waals surface area contributed by atoms with Gasteiger partial charge in [-0.15, -0.1) is 0 Å². The van der Waals surface area contributed by atoms with Gasteiger partial charge in [0.25, 0.3) is 5.91 Å². The number of nitrogens with zero attached hydrogens (tertiary/aromatic N) is 1. The van der Waals surface area contributed by atoms with Crippen LogP contribution in [0, 0.1) is 17.7 Å². The smallest absolute Gasteiger partial charge is 0.260 e. The Morgan fingerprint density at radius 2 is 2.19 bits per heavy atom. The van der Waals surface area contributed by atoms with Crippen molar-refractivity contribution in [2.24, 2.45) is 5.73 Å². The minimum Gasteiger partial charge on any atom is -0.507 e. The fourth-order valence-electron chi connectivity index (χ4n) is 1.59. The largest absolute Gasteiger partial charge is 0.507 e. The van der Waals surface area contributed by atoms with Crippen molar-refractivity contribution in [3.8, 4) is 17.6 Å². The first-order valence-corrected chi connectivity index (χ1v) is 6.06. The van der Waals surface area contributed by atoms with Crippen LogP contribution in [0.2, 0.25) is 0 Å². The molecule has 2 rings (SSSR count). The zero-order valence-corrected chi connectivity index (χ0v) is 10.9. The van der Waals surface area contributed by atoms with Crippen LogP contribution in [0.5, 0.6) is 5.75 Å². The average molecular weight is 285 g/mol. The summed E-state index contributed by atoms with van der Waals surface area (Å²) in [6, 6.07) is 8.01. The number of phenolic OH excluding ortho intramolecular Hbond substituents is 1. The lowest BCUT2D eigenvalue weighted by molar-refractivity contribution is 0.102. The summed E-state index contributed by atoms with van der Waals surface area (Å²) in [5, 5.41) is 12.0. The Balaban J connectivity index is 2.21. The maximum atomic E-state index is 13.1. The Morgan fingerprint density at radius 3 is 2.95 bits per heavy atom. The second-order valence-electron chi connectivity index (χ2n) is 4.03. The lowest BCUT2D eigenvalue weighted by atomic mass is 10.2. The SMILES string of the molecule is NCC#Cc1cccc(NC(=O)c2cc(F)ccc2O)n1. The molecule has 1 amide bonds. The monoisotopic (exact) mass is 285 g/mol. The zero-order chi connectivity index (χ0) is 15.2. The molecule has 0 unspecified atom stereocenters. The van der Waals surface area contributed by atoms with Crippen molar-refractivity contribution in [2.45, 2.75) is 0 Å². The lowest BCUT2D eigenvalue weighted by Gasteiger charge is -2.06. The van der Waals surface area contributed by atoms with Crippen LogP contribution in [0.15, 0.2) is 36.4 Å². The molecule has 0 aliphatic heterocycles. The number of benzene rings is 1. The summed E-state index contributed by atoms with van der Waals surface area (Å²) in [5.41, 5.74) is 5.54. The van der Waals surface area contributed by atoms with Gasteiger partial charge >= 0.3 is 0 Å². The van der Waals surface area contributed by atoms with E-state index in [2.05, 4.69) is 22.1 Å². The van der Waals surface area contributed by atoms with Crippen molar-refractivity contribution < 1.29 is 14.3 Å². The van der Waals surface area contributed by atoms with Crippen LogP contribution in [0.3, 0.4) is 0 Å². The first-order valence-electron chi connectivity index (χ1n) is 6.06. The molecule has 0 bridgehead atoms. The first-order chi connectivity index (χ1) is 10.1. The molecule has 4 N–H and O–H groups in total. The normalized spacial score (nSPS) is 9.62. The Bertz CT molecular complexity index is 735. The van der Waals surface area contributed by atoms with Crippen molar-refractivity contribution in [3.05, 3.63) is 53.5 Å². The number of aromatic nitrogens is 1. The van der Waals surface area contributed by atoms with Crippen LogP contribution in [-0.4, -0.2) is 22.5 Å². The van der Waals surface area contributed by atoms with Gasteiger partial charge in [0, 0.05) is 0 Å². The number of halogens is 1. The van der Waals surface area contributed by atoms with Gasteiger partial charge in [-0.3, -0.25) is 4.79 Å². The van der Waals surface area contributed by atoms with Gasteiger partial charge in [-0.25, -0.2) is 9.37 Å². The van der Waals surface area contributed by atoms with Crippen LogP contribution in [0.25, 0.3) is 0 Å². The Labute approximate surface area is 120 Å². The van der Waals surface area contributed by atoms with Crippen LogP contribution in [-0.2, 0) is 0 Å². The number of amides is 1. The van der Waals surface area contributed by atoms with E-state index < -0.39 is 11.7 Å². The molecule has 0 saturated carbocycles. The summed E-state index contributed by atoms with van der Waals surface area (Å²) >= 11 is 0. The zero-order valence-electron chi connectivity index (χ0n) is 10.9. The molecular weight excluding hydrogens is 273 g/mol. The summed E-state index contributed by atoms with van der Waals surface area (Å²) in [7, 11) is 0. The number of nitrogens with two attached hydrogens (primary N) is 1. The molecule has 0 aliphatic carbocycles. The fourth-order valence-corrected chi connectivity index (χ4v) is 1.59. The highest BCUT2D eigenvalue weighted by Crippen LogP contribution is 2.19. The summed E-state index contributed by atoms with van der Waals surface area (Å²) in [5.74, 6) is 4.03. The molecule has 0 fully saturated rings. The second kappa shape index (κ2) is 6.50. The van der Waals surface area contributed by atoms with E-state index in [4.69, 9.17) is 5.73 Å². The quantitative estimate of drug-likeness (QED) is 0.729. The number of phenols is 1. The molecule has 2 aromatic rings. The molecule has 0 aliphatic rings. The Hall–Kier alpha value is -2.91. The van der Waals surface area contributed by atoms with E-state index in [1.54, 1.807) is 18.2 Å². The fraction of sp³-hybridized carbons (Fsp3) is 0.0667. The third-order valence-electron chi connectivity index (χ3n) is 2.51. The number of hydrogen-bond acceptors (Lipinski definition) is 4. The number of nitrogens with one attached hydrogen (secondary N) is 1.